The molecular formula is C12H25N. The Hall–Kier alpha value is -0.0400. The molecule has 0 amide bonds. The first-order valence-electron chi connectivity index (χ1n) is 6.04. The highest BCUT2D eigenvalue weighted by Gasteiger charge is 2.36. The van der Waals surface area contributed by atoms with E-state index in [0.29, 0.717) is 5.54 Å². The van der Waals surface area contributed by atoms with Crippen LogP contribution in [0.25, 0.3) is 0 Å². The van der Waals surface area contributed by atoms with E-state index in [2.05, 4.69) is 26.1 Å². The molecule has 78 valence electrons. The lowest BCUT2D eigenvalue weighted by molar-refractivity contribution is 0.133. The van der Waals surface area contributed by atoms with Crippen LogP contribution in [0.3, 0.4) is 0 Å². The van der Waals surface area contributed by atoms with Gasteiger partial charge in [0.25, 0.3) is 0 Å². The van der Waals surface area contributed by atoms with E-state index >= 15 is 0 Å². The third kappa shape index (κ3) is 2.25. The molecule has 0 aliphatic carbocycles. The lowest BCUT2D eigenvalue weighted by Crippen LogP contribution is -2.54. The van der Waals surface area contributed by atoms with Gasteiger partial charge in [-0.25, -0.2) is 0 Å². The van der Waals surface area contributed by atoms with Gasteiger partial charge in [-0.05, 0) is 38.1 Å². The molecule has 13 heavy (non-hydrogen) atoms. The molecule has 1 saturated heterocycles. The maximum absolute atomic E-state index is 3.78. The molecule has 0 radical (unpaired) electrons. The molecule has 0 bridgehead atoms. The summed E-state index contributed by atoms with van der Waals surface area (Å²) in [6.07, 6.45) is 8.15. The predicted octanol–water partition coefficient (Wildman–Crippen LogP) is 3.34. The quantitative estimate of drug-likeness (QED) is 0.705. The first kappa shape index (κ1) is 11.0. The van der Waals surface area contributed by atoms with Crippen LogP contribution in [0.5, 0.6) is 0 Å². The Kier molecular flexibility index (Phi) is 4.24. The normalized spacial score (nSPS) is 34.8. The van der Waals surface area contributed by atoms with Crippen molar-refractivity contribution in [1.82, 2.24) is 5.32 Å². The maximum atomic E-state index is 3.78. The summed E-state index contributed by atoms with van der Waals surface area (Å²) in [6, 6.07) is 0. The van der Waals surface area contributed by atoms with Crippen molar-refractivity contribution in [2.75, 3.05) is 6.54 Å². The van der Waals surface area contributed by atoms with Crippen LogP contribution in [0.2, 0.25) is 0 Å². The summed E-state index contributed by atoms with van der Waals surface area (Å²) in [6.45, 7) is 8.24. The number of hydrogen-bond acceptors (Lipinski definition) is 1. The highest BCUT2D eigenvalue weighted by atomic mass is 15.0. The third-order valence-corrected chi connectivity index (χ3v) is 3.81. The van der Waals surface area contributed by atoms with Gasteiger partial charge in [0.1, 0.15) is 0 Å². The van der Waals surface area contributed by atoms with Crippen molar-refractivity contribution in [2.45, 2.75) is 64.8 Å². The molecule has 1 fully saturated rings. The summed E-state index contributed by atoms with van der Waals surface area (Å²) in [5.74, 6) is 0.922. The van der Waals surface area contributed by atoms with Crippen LogP contribution < -0.4 is 5.32 Å². The Balaban J connectivity index is 2.66. The van der Waals surface area contributed by atoms with E-state index in [9.17, 15) is 0 Å². The van der Waals surface area contributed by atoms with E-state index in [0.717, 1.165) is 5.92 Å². The van der Waals surface area contributed by atoms with Gasteiger partial charge < -0.3 is 5.32 Å². The standard InChI is InChI=1S/C12H25N/c1-4-9-12(6-3)11(5-2)8-7-10-13-12/h11,13H,4-10H2,1-3H3. The molecule has 0 spiro atoms. The second-order valence-electron chi connectivity index (χ2n) is 4.43. The second kappa shape index (κ2) is 4.99. The van der Waals surface area contributed by atoms with Gasteiger partial charge in [-0.15, -0.1) is 0 Å². The fourth-order valence-corrected chi connectivity index (χ4v) is 3.03. The zero-order chi connectivity index (χ0) is 9.73. The van der Waals surface area contributed by atoms with Crippen LogP contribution in [0.15, 0.2) is 0 Å². The van der Waals surface area contributed by atoms with Gasteiger partial charge in [-0.3, -0.25) is 0 Å². The van der Waals surface area contributed by atoms with Crippen LogP contribution in [0.1, 0.15) is 59.3 Å². The van der Waals surface area contributed by atoms with Crippen LogP contribution in [-0.4, -0.2) is 12.1 Å². The molecule has 0 aromatic heterocycles. The van der Waals surface area contributed by atoms with Gasteiger partial charge in [0.2, 0.25) is 0 Å². The molecule has 1 heteroatoms. The summed E-state index contributed by atoms with van der Waals surface area (Å²) in [5, 5.41) is 3.78. The maximum Gasteiger partial charge on any atom is 0.0206 e. The summed E-state index contributed by atoms with van der Waals surface area (Å²) >= 11 is 0. The zero-order valence-corrected chi connectivity index (χ0v) is 9.53. The Morgan fingerprint density at radius 2 is 2.08 bits per heavy atom. The SMILES string of the molecule is CCCC1(CC)NCCCC1CC. The Bertz CT molecular complexity index is 140. The largest absolute Gasteiger partial charge is 0.311 e. The van der Waals surface area contributed by atoms with Crippen molar-refractivity contribution in [3.63, 3.8) is 0 Å². The second-order valence-corrected chi connectivity index (χ2v) is 4.43. The molecule has 0 aromatic rings. The molecule has 1 N–H and O–H groups in total. The van der Waals surface area contributed by atoms with E-state index in [1.807, 2.05) is 0 Å². The summed E-state index contributed by atoms with van der Waals surface area (Å²) < 4.78 is 0. The van der Waals surface area contributed by atoms with E-state index in [4.69, 9.17) is 0 Å². The Labute approximate surface area is 83.3 Å². The fraction of sp³-hybridized carbons (Fsp3) is 1.00. The highest BCUT2D eigenvalue weighted by Crippen LogP contribution is 2.35. The smallest absolute Gasteiger partial charge is 0.0206 e. The molecule has 1 rings (SSSR count). The third-order valence-electron chi connectivity index (χ3n) is 3.81. The van der Waals surface area contributed by atoms with Gasteiger partial charge in [-0.2, -0.15) is 0 Å². The average Bonchev–Trinajstić information content (AvgIpc) is 2.19. The zero-order valence-electron chi connectivity index (χ0n) is 9.53. The van der Waals surface area contributed by atoms with Crippen molar-refractivity contribution in [3.8, 4) is 0 Å². The molecule has 1 heterocycles. The lowest BCUT2D eigenvalue weighted by Gasteiger charge is -2.45. The summed E-state index contributed by atoms with van der Waals surface area (Å²) in [7, 11) is 0. The highest BCUT2D eigenvalue weighted by molar-refractivity contribution is 4.95. The molecule has 2 unspecified atom stereocenters. The first-order valence-corrected chi connectivity index (χ1v) is 6.04. The van der Waals surface area contributed by atoms with E-state index in [-0.39, 0.29) is 0 Å². The molecule has 0 saturated carbocycles. The topological polar surface area (TPSA) is 12.0 Å². The van der Waals surface area contributed by atoms with Crippen LogP contribution in [-0.2, 0) is 0 Å². The Morgan fingerprint density at radius 1 is 1.31 bits per heavy atom. The van der Waals surface area contributed by atoms with Gasteiger partial charge in [0.15, 0.2) is 0 Å². The number of piperidine rings is 1. The number of rotatable bonds is 4. The van der Waals surface area contributed by atoms with Crippen molar-refractivity contribution in [3.05, 3.63) is 0 Å². The monoisotopic (exact) mass is 183 g/mol. The molecule has 1 nitrogen and oxygen atoms in total. The minimum absolute atomic E-state index is 0.488. The van der Waals surface area contributed by atoms with Gasteiger partial charge in [0, 0.05) is 5.54 Å². The number of nitrogens with one attached hydrogen (secondary N) is 1. The molecule has 1 aliphatic rings. The lowest BCUT2D eigenvalue weighted by atomic mass is 9.72. The van der Waals surface area contributed by atoms with Gasteiger partial charge in [-0.1, -0.05) is 33.6 Å². The van der Waals surface area contributed by atoms with Gasteiger partial charge >= 0.3 is 0 Å². The predicted molar refractivity (Wildman–Crippen MR) is 58.9 cm³/mol. The average molecular weight is 183 g/mol. The van der Waals surface area contributed by atoms with Crippen molar-refractivity contribution < 1.29 is 0 Å². The van der Waals surface area contributed by atoms with Gasteiger partial charge in [0.05, 0.1) is 0 Å². The van der Waals surface area contributed by atoms with Crippen LogP contribution >= 0.6 is 0 Å². The summed E-state index contributed by atoms with van der Waals surface area (Å²) in [5.41, 5.74) is 0.488. The number of hydrogen-bond donors (Lipinski definition) is 1. The minimum Gasteiger partial charge on any atom is -0.311 e. The molecule has 1 aliphatic heterocycles. The van der Waals surface area contributed by atoms with Crippen LogP contribution in [0, 0.1) is 5.92 Å². The van der Waals surface area contributed by atoms with E-state index in [1.165, 1.54) is 45.1 Å². The van der Waals surface area contributed by atoms with Crippen molar-refractivity contribution in [1.29, 1.82) is 0 Å². The van der Waals surface area contributed by atoms with E-state index in [1.54, 1.807) is 0 Å². The fourth-order valence-electron chi connectivity index (χ4n) is 3.03. The van der Waals surface area contributed by atoms with Crippen LogP contribution in [0.4, 0.5) is 0 Å². The molecule has 2 atom stereocenters. The molecular weight excluding hydrogens is 158 g/mol. The summed E-state index contributed by atoms with van der Waals surface area (Å²) in [4.78, 5) is 0. The van der Waals surface area contributed by atoms with E-state index < -0.39 is 0 Å². The minimum atomic E-state index is 0.488. The van der Waals surface area contributed by atoms with Crippen molar-refractivity contribution >= 4 is 0 Å². The molecule has 0 aromatic carbocycles. The first-order chi connectivity index (χ1) is 6.29. The van der Waals surface area contributed by atoms with Crippen molar-refractivity contribution in [2.24, 2.45) is 5.92 Å². The Morgan fingerprint density at radius 3 is 2.62 bits per heavy atom.